The number of imidazole rings is 1. The summed E-state index contributed by atoms with van der Waals surface area (Å²) in [4.78, 5) is 10.5. The molecule has 0 saturated carbocycles. The first-order valence-electron chi connectivity index (χ1n) is 13.6. The minimum absolute atomic E-state index is 0.0300. The average Bonchev–Trinajstić information content (AvgIpc) is 3.03. The van der Waals surface area contributed by atoms with Crippen molar-refractivity contribution in [2.24, 2.45) is 0 Å². The average molecular weight is 345 g/mol. The van der Waals surface area contributed by atoms with Crippen LogP contribution in [0.1, 0.15) is 37.4 Å². The second-order valence-electron chi connectivity index (χ2n) is 4.28. The number of H-pyrrole nitrogens is 1. The number of ether oxygens (including phenoxy) is 2. The number of hydrogen-bond donors (Lipinski definition) is 1. The van der Waals surface area contributed by atoms with Gasteiger partial charge in [0.15, 0.2) is 5.16 Å². The smallest absolute Gasteiger partial charge is 0.166 e. The van der Waals surface area contributed by atoms with Crippen LogP contribution in [0.25, 0.3) is 11.0 Å². The van der Waals surface area contributed by atoms with Crippen LogP contribution < -0.4 is 9.47 Å². The number of rotatable bonds is 5. The van der Waals surface area contributed by atoms with Gasteiger partial charge in [-0.1, -0.05) is 11.8 Å². The van der Waals surface area contributed by atoms with Gasteiger partial charge in [-0.25, -0.2) is 4.98 Å². The van der Waals surface area contributed by atoms with Crippen molar-refractivity contribution < 1.29 is 30.0 Å². The summed E-state index contributed by atoms with van der Waals surface area (Å²) in [6.45, 7) is -6.52. The molecule has 2 aromatic heterocycles. The van der Waals surface area contributed by atoms with Crippen LogP contribution in [-0.4, -0.2) is 29.0 Å². The number of fused-ring (bicyclic) bond motifs is 1. The third-order valence-corrected chi connectivity index (χ3v) is 3.55. The highest BCUT2D eigenvalue weighted by Crippen LogP contribution is 2.29. The van der Waals surface area contributed by atoms with E-state index >= 15 is 0 Å². The normalized spacial score (nSPS) is 23.4. The predicted octanol–water partition coefficient (Wildman–Crippen LogP) is 3.88. The minimum Gasteiger partial charge on any atom is -0.497 e. The van der Waals surface area contributed by atoms with Crippen molar-refractivity contribution in [1.29, 1.82) is 0 Å². The Morgan fingerprint density at radius 1 is 1.35 bits per heavy atom. The van der Waals surface area contributed by atoms with E-state index < -0.39 is 62.2 Å². The standard InChI is InChI=1S/C17H19N3O2S/c1-10-8-18-15(11(2)16(10)22-4)9-23-17-19-13-6-5-12(21-3)7-14(13)20-17/h5-8H,9H2,1-4H3,(H,19,20)/i1D3,2D3,3D3,4D3,8D,9D2. The highest BCUT2D eigenvalue weighted by molar-refractivity contribution is 7.98. The molecule has 0 aliphatic rings. The number of pyridine rings is 1. The van der Waals surface area contributed by atoms with Gasteiger partial charge < -0.3 is 14.5 Å². The van der Waals surface area contributed by atoms with Crippen LogP contribution in [0.4, 0.5) is 0 Å². The molecule has 0 bridgehead atoms. The molecule has 0 radical (unpaired) electrons. The first kappa shape index (κ1) is 5.70. The number of aromatic amines is 1. The fourth-order valence-corrected chi connectivity index (χ4v) is 2.45. The number of aromatic nitrogens is 3. The summed E-state index contributed by atoms with van der Waals surface area (Å²) >= 11 is 0.305. The van der Waals surface area contributed by atoms with E-state index in [0.717, 1.165) is 0 Å². The Labute approximate surface area is 160 Å². The fourth-order valence-electron chi connectivity index (χ4n) is 1.80. The molecule has 0 amide bonds. The summed E-state index contributed by atoms with van der Waals surface area (Å²) in [6.07, 6.45) is -1.09. The van der Waals surface area contributed by atoms with E-state index in [4.69, 9.17) is 30.0 Å². The quantitative estimate of drug-likeness (QED) is 0.712. The van der Waals surface area contributed by atoms with Crippen LogP contribution in [0.5, 0.6) is 11.5 Å². The number of nitrogens with one attached hydrogen (secondary N) is 1. The van der Waals surface area contributed by atoms with Gasteiger partial charge in [-0.3, -0.25) is 4.98 Å². The van der Waals surface area contributed by atoms with Gasteiger partial charge in [-0.2, -0.15) is 0 Å². The van der Waals surface area contributed by atoms with Gasteiger partial charge in [0.05, 0.1) is 40.4 Å². The Bertz CT molecular complexity index is 1340. The Morgan fingerprint density at radius 2 is 2.30 bits per heavy atom. The van der Waals surface area contributed by atoms with Crippen LogP contribution in [0.2, 0.25) is 0 Å². The molecule has 1 N–H and O–H groups in total. The molecule has 0 spiro atoms. The lowest BCUT2D eigenvalue weighted by Crippen LogP contribution is -1.98. The van der Waals surface area contributed by atoms with Crippen molar-refractivity contribution in [3.63, 3.8) is 0 Å². The van der Waals surface area contributed by atoms with Crippen molar-refractivity contribution in [2.75, 3.05) is 14.1 Å². The molecule has 0 aliphatic carbocycles. The molecular weight excluding hydrogens is 310 g/mol. The lowest BCUT2D eigenvalue weighted by molar-refractivity contribution is 0.407. The molecule has 0 aliphatic heterocycles. The van der Waals surface area contributed by atoms with Crippen LogP contribution in [0.3, 0.4) is 0 Å². The predicted molar refractivity (Wildman–Crippen MR) is 92.5 cm³/mol. The largest absolute Gasteiger partial charge is 0.497 e. The second kappa shape index (κ2) is 6.50. The Morgan fingerprint density at radius 3 is 3.13 bits per heavy atom. The highest BCUT2D eigenvalue weighted by Gasteiger charge is 2.11. The van der Waals surface area contributed by atoms with Gasteiger partial charge in [-0.15, -0.1) is 0 Å². The maximum absolute atomic E-state index is 8.55. The van der Waals surface area contributed by atoms with Crippen molar-refractivity contribution >= 4 is 22.8 Å². The number of thioether (sulfide) groups is 1. The fraction of sp³-hybridized carbons (Fsp3) is 0.294. The van der Waals surface area contributed by atoms with Crippen LogP contribution in [0, 0.1) is 13.7 Å². The van der Waals surface area contributed by atoms with Crippen molar-refractivity contribution in [3.05, 3.63) is 41.2 Å². The van der Waals surface area contributed by atoms with E-state index in [2.05, 4.69) is 15.0 Å². The summed E-state index contributed by atoms with van der Waals surface area (Å²) < 4.78 is 125. The molecule has 0 saturated heterocycles. The minimum atomic E-state index is -3.34. The molecule has 6 heteroatoms. The second-order valence-corrected chi connectivity index (χ2v) is 5.08. The van der Waals surface area contributed by atoms with E-state index in [9.17, 15) is 0 Å². The first-order valence-corrected chi connectivity index (χ1v) is 6.92. The molecule has 2 heterocycles. The monoisotopic (exact) mass is 344 g/mol. The van der Waals surface area contributed by atoms with Gasteiger partial charge in [0.1, 0.15) is 11.5 Å². The molecule has 0 unspecified atom stereocenters. The van der Waals surface area contributed by atoms with Gasteiger partial charge in [0, 0.05) is 40.0 Å². The van der Waals surface area contributed by atoms with Gasteiger partial charge in [0.2, 0.25) is 0 Å². The van der Waals surface area contributed by atoms with Crippen molar-refractivity contribution in [3.8, 4) is 11.5 Å². The summed E-state index contributed by atoms with van der Waals surface area (Å²) in [6, 6.07) is 4.02. The van der Waals surface area contributed by atoms with Crippen molar-refractivity contribution in [2.45, 2.75) is 24.6 Å². The Balaban J connectivity index is 2.17. The Kier molecular flexibility index (Phi) is 1.61. The van der Waals surface area contributed by atoms with Crippen molar-refractivity contribution in [1.82, 2.24) is 15.0 Å². The molecule has 120 valence electrons. The zero-order valence-corrected chi connectivity index (χ0v) is 12.2. The molecule has 1 aromatic carbocycles. The third-order valence-electron chi connectivity index (χ3n) is 2.87. The SMILES string of the molecule is [2H]c1nc(C([2H])([2H])Sc2nc3ccc(OC([2H])([2H])[2H])cc3[nH]2)c(C([2H])([2H])[2H])c(OC([2H])([2H])[2H])c1C([2H])([2H])[2H]. The molecule has 5 nitrogen and oxygen atoms in total. The van der Waals surface area contributed by atoms with E-state index in [0.29, 0.717) is 11.8 Å². The summed E-state index contributed by atoms with van der Waals surface area (Å²) in [5.41, 5.74) is -5.44. The Hall–Kier alpha value is -2.21. The van der Waals surface area contributed by atoms with E-state index in [1.54, 1.807) is 0 Å². The number of methoxy groups -OCH3 is 2. The van der Waals surface area contributed by atoms with E-state index in [1.807, 2.05) is 0 Å². The number of benzene rings is 1. The van der Waals surface area contributed by atoms with E-state index in [-0.39, 0.29) is 21.9 Å². The lowest BCUT2D eigenvalue weighted by Gasteiger charge is -2.11. The number of nitrogens with zero attached hydrogens (tertiary/aromatic N) is 2. The maximum atomic E-state index is 8.55. The summed E-state index contributed by atoms with van der Waals surface area (Å²) in [5, 5.41) is -0.126. The molecule has 3 aromatic rings. The summed E-state index contributed by atoms with van der Waals surface area (Å²) in [5.74, 6) is -1.22. The topological polar surface area (TPSA) is 60.0 Å². The maximum Gasteiger partial charge on any atom is 0.166 e. The van der Waals surface area contributed by atoms with Gasteiger partial charge in [-0.05, 0) is 25.8 Å². The molecule has 0 atom stereocenters. The van der Waals surface area contributed by atoms with Crippen LogP contribution in [0.15, 0.2) is 29.5 Å². The zero-order chi connectivity index (χ0) is 29.1. The highest BCUT2D eigenvalue weighted by atomic mass is 32.2. The van der Waals surface area contributed by atoms with Crippen LogP contribution in [-0.2, 0) is 5.70 Å². The van der Waals surface area contributed by atoms with Gasteiger partial charge >= 0.3 is 0 Å². The van der Waals surface area contributed by atoms with E-state index in [1.165, 1.54) is 18.2 Å². The van der Waals surface area contributed by atoms with Gasteiger partial charge in [0.25, 0.3) is 0 Å². The third kappa shape index (κ3) is 3.12. The molecule has 23 heavy (non-hydrogen) atoms. The first-order chi connectivity index (χ1) is 17.0. The zero-order valence-electron chi connectivity index (χ0n) is 26.4. The van der Waals surface area contributed by atoms with Crippen LogP contribution >= 0.6 is 11.8 Å². The molecule has 0 fully saturated rings. The molecule has 3 rings (SSSR count). The molecular formula is C17H19N3O2S. The number of hydrogen-bond acceptors (Lipinski definition) is 5. The summed E-state index contributed by atoms with van der Waals surface area (Å²) in [7, 11) is -6.05. The lowest BCUT2D eigenvalue weighted by atomic mass is 10.1.